The van der Waals surface area contributed by atoms with Crippen molar-refractivity contribution in [3.63, 3.8) is 0 Å². The Morgan fingerprint density at radius 2 is 1.60 bits per heavy atom. The zero-order valence-corrected chi connectivity index (χ0v) is 23.3. The maximum absolute atomic E-state index is 13.6. The first-order chi connectivity index (χ1) is 16.2. The summed E-state index contributed by atoms with van der Waals surface area (Å²) in [5.74, 6) is -0.614. The average molecular weight is 543 g/mol. The van der Waals surface area contributed by atoms with Crippen LogP contribution in [0, 0.1) is 19.8 Å². The van der Waals surface area contributed by atoms with Gasteiger partial charge in [-0.05, 0) is 55.5 Å². The molecule has 0 fully saturated rings. The van der Waals surface area contributed by atoms with Crippen molar-refractivity contribution in [3.05, 3.63) is 63.1 Å². The van der Waals surface area contributed by atoms with E-state index in [0.717, 1.165) is 21.7 Å². The number of hydrogen-bond acceptors (Lipinski definition) is 4. The third-order valence-electron chi connectivity index (χ3n) is 5.56. The fourth-order valence-electron chi connectivity index (χ4n) is 3.64. The number of carbonyl (C=O) groups is 2. The van der Waals surface area contributed by atoms with E-state index in [1.165, 1.54) is 4.90 Å². The highest BCUT2D eigenvalue weighted by Gasteiger charge is 2.31. The van der Waals surface area contributed by atoms with Crippen molar-refractivity contribution < 1.29 is 18.0 Å². The molecule has 1 atom stereocenters. The smallest absolute Gasteiger partial charge is 0.244 e. The quantitative estimate of drug-likeness (QED) is 0.477. The average Bonchev–Trinajstić information content (AvgIpc) is 2.76. The molecule has 0 aromatic heterocycles. The molecule has 0 saturated carbocycles. The van der Waals surface area contributed by atoms with E-state index in [-0.39, 0.29) is 18.4 Å². The van der Waals surface area contributed by atoms with Crippen LogP contribution in [-0.4, -0.2) is 50.5 Å². The molecule has 0 aliphatic heterocycles. The summed E-state index contributed by atoms with van der Waals surface area (Å²) in [6.45, 7) is 9.20. The molecule has 1 unspecified atom stereocenters. The highest BCUT2D eigenvalue weighted by Crippen LogP contribution is 2.28. The molecule has 0 aliphatic carbocycles. The Kier molecular flexibility index (Phi) is 10.0. The van der Waals surface area contributed by atoms with Gasteiger partial charge in [0.2, 0.25) is 21.8 Å². The standard InChI is InChI=1S/C25H33Cl2N3O4S/c1-16(2)13-28-25(32)19(5)29(14-20-10-11-21(26)22(27)12-20)23(31)15-30(35(6,33)34)24-17(3)8-7-9-18(24)4/h7-12,16,19H,13-15H2,1-6H3,(H,28,32). The van der Waals surface area contributed by atoms with Crippen LogP contribution < -0.4 is 9.62 Å². The van der Waals surface area contributed by atoms with Crippen LogP contribution in [0.1, 0.15) is 37.5 Å². The predicted octanol–water partition coefficient (Wildman–Crippen LogP) is 4.57. The van der Waals surface area contributed by atoms with Crippen molar-refractivity contribution in [3.8, 4) is 0 Å². The number of carbonyl (C=O) groups excluding carboxylic acids is 2. The topological polar surface area (TPSA) is 86.8 Å². The molecule has 10 heteroatoms. The molecular formula is C25H33Cl2N3O4S. The number of rotatable bonds is 10. The van der Waals surface area contributed by atoms with Gasteiger partial charge >= 0.3 is 0 Å². The Labute approximate surface area is 218 Å². The number of halogens is 2. The van der Waals surface area contributed by atoms with Gasteiger partial charge in [-0.25, -0.2) is 8.42 Å². The minimum Gasteiger partial charge on any atom is -0.354 e. The van der Waals surface area contributed by atoms with Crippen LogP contribution in [-0.2, 0) is 26.2 Å². The summed E-state index contributed by atoms with van der Waals surface area (Å²) in [5.41, 5.74) is 2.56. The summed E-state index contributed by atoms with van der Waals surface area (Å²) >= 11 is 12.2. The lowest BCUT2D eigenvalue weighted by atomic mass is 10.1. The Balaban J connectivity index is 2.45. The second kappa shape index (κ2) is 12.1. The van der Waals surface area contributed by atoms with Crippen LogP contribution in [0.4, 0.5) is 5.69 Å². The molecule has 0 heterocycles. The molecule has 2 rings (SSSR count). The summed E-state index contributed by atoms with van der Waals surface area (Å²) in [5, 5.41) is 3.54. The van der Waals surface area contributed by atoms with E-state index in [0.29, 0.717) is 27.8 Å². The fraction of sp³-hybridized carbons (Fsp3) is 0.440. The minimum atomic E-state index is -3.80. The van der Waals surface area contributed by atoms with Crippen molar-refractivity contribution in [1.82, 2.24) is 10.2 Å². The molecule has 2 amide bonds. The van der Waals surface area contributed by atoms with E-state index in [1.54, 1.807) is 51.1 Å². The van der Waals surface area contributed by atoms with Crippen molar-refractivity contribution in [2.75, 3.05) is 23.7 Å². The van der Waals surface area contributed by atoms with Gasteiger partial charge in [-0.1, -0.05) is 61.3 Å². The summed E-state index contributed by atoms with van der Waals surface area (Å²) in [4.78, 5) is 27.9. The zero-order chi connectivity index (χ0) is 26.5. The van der Waals surface area contributed by atoms with Crippen molar-refractivity contribution >= 4 is 50.7 Å². The van der Waals surface area contributed by atoms with Gasteiger partial charge in [0.25, 0.3) is 0 Å². The zero-order valence-electron chi connectivity index (χ0n) is 20.9. The number of amides is 2. The first-order valence-electron chi connectivity index (χ1n) is 11.3. The SMILES string of the molecule is Cc1cccc(C)c1N(CC(=O)N(Cc1ccc(Cl)c(Cl)c1)C(C)C(=O)NCC(C)C)S(C)(=O)=O. The highest BCUT2D eigenvalue weighted by molar-refractivity contribution is 7.92. The molecule has 0 saturated heterocycles. The van der Waals surface area contributed by atoms with Gasteiger partial charge in [0, 0.05) is 13.1 Å². The van der Waals surface area contributed by atoms with E-state index < -0.39 is 28.5 Å². The van der Waals surface area contributed by atoms with E-state index in [9.17, 15) is 18.0 Å². The number of nitrogens with zero attached hydrogens (tertiary/aromatic N) is 2. The van der Waals surface area contributed by atoms with Gasteiger partial charge in [-0.15, -0.1) is 0 Å². The normalized spacial score (nSPS) is 12.4. The molecule has 1 N–H and O–H groups in total. The third kappa shape index (κ3) is 7.85. The molecule has 0 radical (unpaired) electrons. The molecule has 2 aromatic rings. The lowest BCUT2D eigenvalue weighted by Gasteiger charge is -2.32. The molecular weight excluding hydrogens is 509 g/mol. The van der Waals surface area contributed by atoms with Gasteiger partial charge in [-0.3, -0.25) is 13.9 Å². The van der Waals surface area contributed by atoms with E-state index >= 15 is 0 Å². The lowest BCUT2D eigenvalue weighted by molar-refractivity contribution is -0.139. The van der Waals surface area contributed by atoms with Gasteiger partial charge < -0.3 is 10.2 Å². The van der Waals surface area contributed by atoms with E-state index in [4.69, 9.17) is 23.2 Å². The Morgan fingerprint density at radius 1 is 1.00 bits per heavy atom. The number of sulfonamides is 1. The predicted molar refractivity (Wildman–Crippen MR) is 142 cm³/mol. The third-order valence-corrected chi connectivity index (χ3v) is 7.41. The van der Waals surface area contributed by atoms with Crippen molar-refractivity contribution in [1.29, 1.82) is 0 Å². The first-order valence-corrected chi connectivity index (χ1v) is 13.9. The van der Waals surface area contributed by atoms with Gasteiger partial charge in [-0.2, -0.15) is 0 Å². The number of hydrogen-bond donors (Lipinski definition) is 1. The molecule has 0 spiro atoms. The minimum absolute atomic E-state index is 0.0519. The highest BCUT2D eigenvalue weighted by atomic mass is 35.5. The van der Waals surface area contributed by atoms with Crippen LogP contribution in [0.2, 0.25) is 10.0 Å². The fourth-order valence-corrected chi connectivity index (χ4v) is 4.93. The summed E-state index contributed by atoms with van der Waals surface area (Å²) in [7, 11) is -3.80. The molecule has 0 bridgehead atoms. The monoisotopic (exact) mass is 541 g/mol. The van der Waals surface area contributed by atoms with Crippen LogP contribution in [0.3, 0.4) is 0 Å². The summed E-state index contributed by atoms with van der Waals surface area (Å²) in [6.07, 6.45) is 1.06. The van der Waals surface area contributed by atoms with E-state index in [2.05, 4.69) is 5.32 Å². The number of anilines is 1. The number of nitrogens with one attached hydrogen (secondary N) is 1. The Hall–Kier alpha value is -2.29. The Morgan fingerprint density at radius 3 is 2.11 bits per heavy atom. The summed E-state index contributed by atoms with van der Waals surface area (Å²) in [6, 6.07) is 9.52. The maximum Gasteiger partial charge on any atom is 0.244 e. The Bertz CT molecular complexity index is 1160. The number of para-hydroxylation sites is 1. The molecule has 192 valence electrons. The number of aryl methyl sites for hydroxylation is 2. The first kappa shape index (κ1) is 28.9. The molecule has 0 aliphatic rings. The van der Waals surface area contributed by atoms with Crippen LogP contribution in [0.5, 0.6) is 0 Å². The molecule has 7 nitrogen and oxygen atoms in total. The number of benzene rings is 2. The van der Waals surface area contributed by atoms with Crippen LogP contribution >= 0.6 is 23.2 Å². The largest absolute Gasteiger partial charge is 0.354 e. The van der Waals surface area contributed by atoms with Crippen LogP contribution in [0.15, 0.2) is 36.4 Å². The van der Waals surface area contributed by atoms with E-state index in [1.807, 2.05) is 19.9 Å². The molecule has 35 heavy (non-hydrogen) atoms. The van der Waals surface area contributed by atoms with Gasteiger partial charge in [0.15, 0.2) is 0 Å². The molecule has 2 aromatic carbocycles. The van der Waals surface area contributed by atoms with Crippen molar-refractivity contribution in [2.24, 2.45) is 5.92 Å². The van der Waals surface area contributed by atoms with Crippen LogP contribution in [0.25, 0.3) is 0 Å². The van der Waals surface area contributed by atoms with Gasteiger partial charge in [0.05, 0.1) is 22.0 Å². The van der Waals surface area contributed by atoms with Crippen molar-refractivity contribution in [2.45, 2.75) is 47.2 Å². The van der Waals surface area contributed by atoms with Gasteiger partial charge in [0.1, 0.15) is 12.6 Å². The maximum atomic E-state index is 13.6. The second-order valence-corrected chi connectivity index (χ2v) is 11.8. The summed E-state index contributed by atoms with van der Waals surface area (Å²) < 4.78 is 26.6. The lowest BCUT2D eigenvalue weighted by Crippen LogP contribution is -2.51. The second-order valence-electron chi connectivity index (χ2n) is 9.10.